The van der Waals surface area contributed by atoms with Gasteiger partial charge in [0.2, 0.25) is 5.95 Å². The molecule has 1 heterocycles. The van der Waals surface area contributed by atoms with Gasteiger partial charge in [0.1, 0.15) is 17.5 Å². The first-order chi connectivity index (χ1) is 15.3. The van der Waals surface area contributed by atoms with Crippen molar-refractivity contribution >= 4 is 40.2 Å². The van der Waals surface area contributed by atoms with Crippen LogP contribution in [-0.4, -0.2) is 42.1 Å². The van der Waals surface area contributed by atoms with Crippen molar-refractivity contribution in [2.24, 2.45) is 0 Å². The summed E-state index contributed by atoms with van der Waals surface area (Å²) in [6.45, 7) is 0. The second kappa shape index (κ2) is 9.24. The number of nitrogens with zero attached hydrogens (tertiary/aromatic N) is 3. The van der Waals surface area contributed by atoms with Crippen molar-refractivity contribution < 1.29 is 13.6 Å². The van der Waals surface area contributed by atoms with Crippen LogP contribution in [0, 0.1) is 11.6 Å². The molecule has 0 atom stereocenters. The highest BCUT2D eigenvalue weighted by Crippen LogP contribution is 2.27. The molecule has 32 heavy (non-hydrogen) atoms. The van der Waals surface area contributed by atoms with Crippen molar-refractivity contribution in [3.8, 4) is 0 Å². The molecule has 9 heteroatoms. The van der Waals surface area contributed by atoms with E-state index in [9.17, 15) is 13.6 Å². The van der Waals surface area contributed by atoms with Crippen molar-refractivity contribution in [1.82, 2.24) is 15.3 Å². The van der Waals surface area contributed by atoms with Crippen molar-refractivity contribution in [2.75, 3.05) is 24.3 Å². The number of hydrogen-bond acceptors (Lipinski definition) is 5. The summed E-state index contributed by atoms with van der Waals surface area (Å²) >= 11 is 5.80. The third-order valence-electron chi connectivity index (χ3n) is 5.67. The zero-order valence-electron chi connectivity index (χ0n) is 17.8. The van der Waals surface area contributed by atoms with Crippen LogP contribution in [0.25, 0.3) is 10.9 Å². The van der Waals surface area contributed by atoms with Crippen LogP contribution in [0.15, 0.2) is 36.4 Å². The molecule has 6 nitrogen and oxygen atoms in total. The van der Waals surface area contributed by atoms with Gasteiger partial charge in [-0.05, 0) is 49.9 Å². The minimum Gasteiger partial charge on any atom is -0.362 e. The van der Waals surface area contributed by atoms with E-state index >= 15 is 0 Å². The van der Waals surface area contributed by atoms with Gasteiger partial charge in [0.25, 0.3) is 5.91 Å². The average Bonchev–Trinajstić information content (AvgIpc) is 2.77. The summed E-state index contributed by atoms with van der Waals surface area (Å²) in [4.78, 5) is 23.7. The van der Waals surface area contributed by atoms with E-state index in [1.807, 2.05) is 43.3 Å². The fraction of sp³-hybridized carbons (Fsp3) is 0.348. The van der Waals surface area contributed by atoms with E-state index in [2.05, 4.69) is 20.6 Å². The molecule has 2 N–H and O–H groups in total. The Morgan fingerprint density at radius 1 is 1.00 bits per heavy atom. The number of carbonyl (C=O) groups excluding carboxylic acids is 1. The lowest BCUT2D eigenvalue weighted by Gasteiger charge is -2.30. The summed E-state index contributed by atoms with van der Waals surface area (Å²) in [6.07, 6.45) is 2.92. The molecule has 1 fully saturated rings. The zero-order chi connectivity index (χ0) is 22.8. The predicted octanol–water partition coefficient (Wildman–Crippen LogP) is 4.78. The topological polar surface area (TPSA) is 70.2 Å². The van der Waals surface area contributed by atoms with Gasteiger partial charge in [-0.3, -0.25) is 4.79 Å². The van der Waals surface area contributed by atoms with Crippen LogP contribution in [0.1, 0.15) is 36.0 Å². The van der Waals surface area contributed by atoms with Crippen LogP contribution in [0.5, 0.6) is 0 Å². The van der Waals surface area contributed by atoms with Crippen molar-refractivity contribution in [3.05, 3.63) is 58.6 Å². The number of fused-ring (bicyclic) bond motifs is 1. The highest BCUT2D eigenvalue weighted by molar-refractivity contribution is 6.34. The molecular formula is C23H24ClF2N5O. The Bertz CT molecular complexity index is 1150. The van der Waals surface area contributed by atoms with Crippen molar-refractivity contribution in [1.29, 1.82) is 0 Å². The van der Waals surface area contributed by atoms with Crippen molar-refractivity contribution in [2.45, 2.75) is 37.8 Å². The molecular weight excluding hydrogens is 436 g/mol. The molecule has 4 rings (SSSR count). The van der Waals surface area contributed by atoms with Gasteiger partial charge in [-0.2, -0.15) is 4.98 Å². The number of halogens is 3. The van der Waals surface area contributed by atoms with Gasteiger partial charge in [0, 0.05) is 31.6 Å². The molecule has 1 aromatic heterocycles. The quantitative estimate of drug-likeness (QED) is 0.537. The first-order valence-corrected chi connectivity index (χ1v) is 10.9. The Kier molecular flexibility index (Phi) is 6.41. The maximum Gasteiger partial charge on any atom is 0.256 e. The Morgan fingerprint density at radius 3 is 2.38 bits per heavy atom. The van der Waals surface area contributed by atoms with Gasteiger partial charge in [-0.1, -0.05) is 23.7 Å². The summed E-state index contributed by atoms with van der Waals surface area (Å²) in [5, 5.41) is 6.67. The van der Waals surface area contributed by atoms with Gasteiger partial charge in [-0.25, -0.2) is 13.8 Å². The second-order valence-electron chi connectivity index (χ2n) is 8.17. The van der Waals surface area contributed by atoms with E-state index in [0.29, 0.717) is 18.8 Å². The fourth-order valence-corrected chi connectivity index (χ4v) is 4.26. The Hall–Kier alpha value is -3.00. The summed E-state index contributed by atoms with van der Waals surface area (Å²) in [5.74, 6) is -0.952. The number of amides is 1. The molecule has 0 saturated heterocycles. The predicted molar refractivity (Wildman–Crippen MR) is 122 cm³/mol. The summed E-state index contributed by atoms with van der Waals surface area (Å²) in [6, 6.07) is 9.67. The van der Waals surface area contributed by atoms with E-state index in [0.717, 1.165) is 41.7 Å². The highest BCUT2D eigenvalue weighted by Gasteiger charge is 2.26. The molecule has 1 amide bonds. The highest BCUT2D eigenvalue weighted by atomic mass is 35.5. The molecule has 0 unspecified atom stereocenters. The molecule has 0 aliphatic heterocycles. The molecule has 0 spiro atoms. The molecule has 1 saturated carbocycles. The lowest BCUT2D eigenvalue weighted by molar-refractivity contribution is 0.0922. The Balaban J connectivity index is 1.40. The molecule has 168 valence electrons. The third kappa shape index (κ3) is 4.60. The van der Waals surface area contributed by atoms with E-state index < -0.39 is 28.1 Å². The minimum absolute atomic E-state index is 0.144. The molecule has 1 aliphatic carbocycles. The number of rotatable bonds is 5. The number of anilines is 2. The van der Waals surface area contributed by atoms with Gasteiger partial charge in [0.15, 0.2) is 0 Å². The average molecular weight is 460 g/mol. The fourth-order valence-electron chi connectivity index (χ4n) is 4.02. The zero-order valence-corrected chi connectivity index (χ0v) is 18.6. The van der Waals surface area contributed by atoms with E-state index in [-0.39, 0.29) is 12.1 Å². The number of benzene rings is 2. The van der Waals surface area contributed by atoms with Crippen LogP contribution >= 0.6 is 11.6 Å². The van der Waals surface area contributed by atoms with Crippen LogP contribution in [0.4, 0.5) is 20.5 Å². The molecule has 2 aromatic carbocycles. The molecule has 0 radical (unpaired) electrons. The lowest BCUT2D eigenvalue weighted by Crippen LogP contribution is -2.40. The maximum absolute atomic E-state index is 14.0. The lowest BCUT2D eigenvalue weighted by atomic mass is 9.91. The van der Waals surface area contributed by atoms with Crippen LogP contribution in [-0.2, 0) is 0 Å². The summed E-state index contributed by atoms with van der Waals surface area (Å²) in [5.41, 5.74) is 0.413. The van der Waals surface area contributed by atoms with Crippen LogP contribution in [0.3, 0.4) is 0 Å². The van der Waals surface area contributed by atoms with Crippen LogP contribution in [0.2, 0.25) is 5.02 Å². The number of carbonyl (C=O) groups is 1. The smallest absolute Gasteiger partial charge is 0.256 e. The van der Waals surface area contributed by atoms with E-state index in [1.165, 1.54) is 0 Å². The first kappa shape index (κ1) is 22.2. The van der Waals surface area contributed by atoms with Gasteiger partial charge in [-0.15, -0.1) is 0 Å². The van der Waals surface area contributed by atoms with Crippen molar-refractivity contribution in [3.63, 3.8) is 0 Å². The first-order valence-electron chi connectivity index (χ1n) is 10.5. The van der Waals surface area contributed by atoms with E-state index in [1.54, 1.807) is 0 Å². The maximum atomic E-state index is 14.0. The molecule has 0 bridgehead atoms. The Morgan fingerprint density at radius 2 is 1.66 bits per heavy atom. The number of para-hydroxylation sites is 1. The number of hydrogen-bond donors (Lipinski definition) is 2. The summed E-state index contributed by atoms with van der Waals surface area (Å²) < 4.78 is 27.6. The van der Waals surface area contributed by atoms with Gasteiger partial charge < -0.3 is 15.5 Å². The summed E-state index contributed by atoms with van der Waals surface area (Å²) in [7, 11) is 3.89. The Labute approximate surface area is 190 Å². The second-order valence-corrected chi connectivity index (χ2v) is 8.54. The molecule has 1 aliphatic rings. The SMILES string of the molecule is CN(C)c1nc(N[C@H]2CC[C@@H](NC(=O)c3c(F)ccc(F)c3Cl)CC2)nc2ccccc12. The monoisotopic (exact) mass is 459 g/mol. The third-order valence-corrected chi connectivity index (χ3v) is 6.04. The number of aromatic nitrogens is 2. The standard InChI is InChI=1S/C23H24ClF2N5O/c1-31(2)21-15-5-3-4-6-18(15)29-23(30-21)28-14-9-7-13(8-10-14)27-22(32)19-16(25)11-12-17(26)20(19)24/h3-6,11-14H,7-10H2,1-2H3,(H,27,32)(H,28,29,30)/t13-,14+. The van der Waals surface area contributed by atoms with Gasteiger partial charge in [0.05, 0.1) is 16.1 Å². The largest absolute Gasteiger partial charge is 0.362 e. The minimum atomic E-state index is -0.839. The molecule has 3 aromatic rings. The van der Waals surface area contributed by atoms with Gasteiger partial charge >= 0.3 is 0 Å². The number of nitrogens with one attached hydrogen (secondary N) is 2. The van der Waals surface area contributed by atoms with Crippen LogP contribution < -0.4 is 15.5 Å². The normalized spacial score (nSPS) is 18.4. The van der Waals surface area contributed by atoms with E-state index in [4.69, 9.17) is 11.6 Å².